The van der Waals surface area contributed by atoms with Gasteiger partial charge in [0.15, 0.2) is 0 Å². The maximum Gasteiger partial charge on any atom is 0.230 e. The normalized spacial score (nSPS) is 18.2. The van der Waals surface area contributed by atoms with Gasteiger partial charge in [-0.15, -0.1) is 0 Å². The lowest BCUT2D eigenvalue weighted by Gasteiger charge is -2.37. The summed E-state index contributed by atoms with van der Waals surface area (Å²) in [5.41, 5.74) is 0. The number of piperazine rings is 1. The molecule has 1 unspecified atom stereocenters. The van der Waals surface area contributed by atoms with E-state index in [0.717, 1.165) is 42.6 Å². The second kappa shape index (κ2) is 6.75. The monoisotopic (exact) mass is 363 g/mol. The third-order valence-electron chi connectivity index (χ3n) is 4.61. The van der Waals surface area contributed by atoms with Crippen molar-refractivity contribution < 1.29 is 14.6 Å². The number of aliphatic hydroxyl groups excluding tert-OH is 1. The molecule has 0 saturated carbocycles. The van der Waals surface area contributed by atoms with Gasteiger partial charge in [0.25, 0.3) is 0 Å². The summed E-state index contributed by atoms with van der Waals surface area (Å²) in [5.74, 6) is 1.78. The Balaban J connectivity index is 1.68. The zero-order valence-corrected chi connectivity index (χ0v) is 14.8. The molecule has 0 radical (unpaired) electrons. The average Bonchev–Trinajstić information content (AvgIpc) is 3.30. The van der Waals surface area contributed by atoms with E-state index >= 15 is 0 Å². The molecule has 0 amide bonds. The first-order valence-electron chi connectivity index (χ1n) is 8.32. The van der Waals surface area contributed by atoms with Crippen LogP contribution in [0.5, 0.6) is 5.88 Å². The van der Waals surface area contributed by atoms with Crippen molar-refractivity contribution in [1.82, 2.24) is 24.4 Å². The van der Waals surface area contributed by atoms with Crippen molar-refractivity contribution in [2.75, 3.05) is 39.3 Å². The third kappa shape index (κ3) is 3.04. The van der Waals surface area contributed by atoms with E-state index in [-0.39, 0.29) is 18.5 Å². The number of hydrogen-bond acceptors (Lipinski definition) is 8. The van der Waals surface area contributed by atoms with Crippen molar-refractivity contribution in [3.63, 3.8) is 0 Å². The van der Waals surface area contributed by atoms with Crippen molar-refractivity contribution in [1.29, 1.82) is 0 Å². The van der Waals surface area contributed by atoms with E-state index in [4.69, 9.17) is 9.52 Å². The van der Waals surface area contributed by atoms with Crippen LogP contribution in [0.25, 0.3) is 4.96 Å². The van der Waals surface area contributed by atoms with Crippen LogP contribution in [-0.4, -0.2) is 73.9 Å². The van der Waals surface area contributed by atoms with Crippen molar-refractivity contribution in [3.05, 3.63) is 34.9 Å². The van der Waals surface area contributed by atoms with E-state index in [1.54, 1.807) is 0 Å². The summed E-state index contributed by atoms with van der Waals surface area (Å²) >= 11 is 1.43. The second-order valence-electron chi connectivity index (χ2n) is 6.20. The highest BCUT2D eigenvalue weighted by Gasteiger charge is 2.33. The number of aliphatic hydroxyl groups is 1. The van der Waals surface area contributed by atoms with Gasteiger partial charge < -0.3 is 14.6 Å². The van der Waals surface area contributed by atoms with Crippen LogP contribution in [0.3, 0.4) is 0 Å². The van der Waals surface area contributed by atoms with Gasteiger partial charge in [-0.1, -0.05) is 11.3 Å². The van der Waals surface area contributed by atoms with Gasteiger partial charge >= 0.3 is 0 Å². The molecule has 1 aliphatic rings. The number of aromatic nitrogens is 3. The number of nitrogens with zero attached hydrogens (tertiary/aromatic N) is 5. The number of hydrogen-bond donors (Lipinski definition) is 2. The lowest BCUT2D eigenvalue weighted by atomic mass is 10.1. The van der Waals surface area contributed by atoms with Crippen LogP contribution in [0.4, 0.5) is 0 Å². The maximum atomic E-state index is 10.6. The fraction of sp³-hybridized carbons (Fsp3) is 0.500. The van der Waals surface area contributed by atoms with Crippen LogP contribution in [0.2, 0.25) is 0 Å². The molecule has 1 fully saturated rings. The third-order valence-corrected chi connectivity index (χ3v) is 5.69. The Morgan fingerprint density at radius 3 is 2.72 bits per heavy atom. The average molecular weight is 363 g/mol. The summed E-state index contributed by atoms with van der Waals surface area (Å²) < 4.78 is 7.37. The molecule has 0 spiro atoms. The smallest absolute Gasteiger partial charge is 0.230 e. The first-order chi connectivity index (χ1) is 12.2. The Bertz CT molecular complexity index is 849. The lowest BCUT2D eigenvalue weighted by molar-refractivity contribution is 0.0880. The van der Waals surface area contributed by atoms with Crippen LogP contribution >= 0.6 is 11.3 Å². The first-order valence-corrected chi connectivity index (χ1v) is 9.14. The number of furan rings is 1. The maximum absolute atomic E-state index is 10.6. The Morgan fingerprint density at radius 2 is 2.08 bits per heavy atom. The summed E-state index contributed by atoms with van der Waals surface area (Å²) in [6.45, 7) is 6.20. The molecule has 25 heavy (non-hydrogen) atoms. The number of fused-ring (bicyclic) bond motifs is 1. The van der Waals surface area contributed by atoms with Gasteiger partial charge in [-0.25, -0.2) is 4.98 Å². The minimum atomic E-state index is -0.168. The molecule has 134 valence electrons. The van der Waals surface area contributed by atoms with Gasteiger partial charge in [-0.2, -0.15) is 9.61 Å². The summed E-state index contributed by atoms with van der Waals surface area (Å²) in [4.78, 5) is 10.2. The van der Waals surface area contributed by atoms with Crippen molar-refractivity contribution in [2.45, 2.75) is 13.0 Å². The van der Waals surface area contributed by atoms with Gasteiger partial charge in [0.1, 0.15) is 23.9 Å². The quantitative estimate of drug-likeness (QED) is 0.701. The number of aryl methyl sites for hydroxylation is 1. The van der Waals surface area contributed by atoms with E-state index in [2.05, 4.69) is 19.9 Å². The molecule has 0 aliphatic carbocycles. The first kappa shape index (κ1) is 16.5. The lowest BCUT2D eigenvalue weighted by Crippen LogP contribution is -2.48. The van der Waals surface area contributed by atoms with E-state index < -0.39 is 0 Å². The number of β-amino-alcohol motifs (C(OH)–C–C–N with tert-alkyl or cyclic N) is 1. The van der Waals surface area contributed by atoms with Crippen molar-refractivity contribution in [2.24, 2.45) is 0 Å². The molecule has 4 rings (SSSR count). The standard InChI is InChI=1S/C16H21N5O3S/c1-11-2-3-12(24-11)13(20-6-4-19(5-7-20)8-9-22)14-15(23)21-16(25-14)17-10-18-21/h2-3,10,13,22-23H,4-9H2,1H3. The van der Waals surface area contributed by atoms with E-state index in [9.17, 15) is 5.11 Å². The van der Waals surface area contributed by atoms with Gasteiger partial charge in [0.05, 0.1) is 11.5 Å². The van der Waals surface area contributed by atoms with Crippen LogP contribution < -0.4 is 0 Å². The second-order valence-corrected chi connectivity index (χ2v) is 7.21. The molecule has 1 saturated heterocycles. The SMILES string of the molecule is Cc1ccc(C(c2sc3ncnn3c2O)N2CCN(CCO)CC2)o1. The predicted octanol–water partition coefficient (Wildman–Crippen LogP) is 1.10. The number of rotatable bonds is 5. The van der Waals surface area contributed by atoms with Gasteiger partial charge in [-0.3, -0.25) is 9.80 Å². The summed E-state index contributed by atoms with van der Waals surface area (Å²) in [5, 5.41) is 23.9. The summed E-state index contributed by atoms with van der Waals surface area (Å²) in [7, 11) is 0. The fourth-order valence-corrected chi connectivity index (χ4v) is 4.41. The van der Waals surface area contributed by atoms with E-state index in [1.807, 2.05) is 19.1 Å². The van der Waals surface area contributed by atoms with Gasteiger partial charge in [-0.05, 0) is 19.1 Å². The molecule has 3 aromatic rings. The van der Waals surface area contributed by atoms with Crippen molar-refractivity contribution >= 4 is 16.3 Å². The van der Waals surface area contributed by atoms with Crippen LogP contribution in [-0.2, 0) is 0 Å². The van der Waals surface area contributed by atoms with Crippen LogP contribution in [0.15, 0.2) is 22.9 Å². The Hall–Kier alpha value is -1.94. The highest BCUT2D eigenvalue weighted by Crippen LogP contribution is 2.40. The molecular weight excluding hydrogens is 342 g/mol. The molecule has 4 heterocycles. The minimum Gasteiger partial charge on any atom is -0.492 e. The van der Waals surface area contributed by atoms with E-state index in [1.165, 1.54) is 22.2 Å². The Kier molecular flexibility index (Phi) is 4.46. The fourth-order valence-electron chi connectivity index (χ4n) is 3.33. The molecular formula is C16H21N5O3S. The zero-order valence-electron chi connectivity index (χ0n) is 14.0. The topological polar surface area (TPSA) is 90.3 Å². The summed E-state index contributed by atoms with van der Waals surface area (Å²) in [6, 6.07) is 3.74. The Labute approximate surface area is 148 Å². The molecule has 1 atom stereocenters. The molecule has 8 nitrogen and oxygen atoms in total. The van der Waals surface area contributed by atoms with Crippen LogP contribution in [0, 0.1) is 6.92 Å². The number of aromatic hydroxyl groups is 1. The summed E-state index contributed by atoms with van der Waals surface area (Å²) in [6.07, 6.45) is 1.44. The van der Waals surface area contributed by atoms with Gasteiger partial charge in [0, 0.05) is 32.7 Å². The predicted molar refractivity (Wildman–Crippen MR) is 92.9 cm³/mol. The highest BCUT2D eigenvalue weighted by atomic mass is 32.1. The zero-order chi connectivity index (χ0) is 17.4. The van der Waals surface area contributed by atoms with E-state index in [0.29, 0.717) is 11.5 Å². The van der Waals surface area contributed by atoms with Gasteiger partial charge in [0.2, 0.25) is 10.8 Å². The van der Waals surface area contributed by atoms with Crippen LogP contribution in [0.1, 0.15) is 22.4 Å². The highest BCUT2D eigenvalue weighted by molar-refractivity contribution is 7.17. The molecule has 2 N–H and O–H groups in total. The molecule has 0 aromatic carbocycles. The molecule has 9 heteroatoms. The number of thiazole rings is 1. The Morgan fingerprint density at radius 1 is 1.28 bits per heavy atom. The molecule has 0 bridgehead atoms. The molecule has 1 aliphatic heterocycles. The minimum absolute atomic E-state index is 0.120. The van der Waals surface area contributed by atoms with Crippen molar-refractivity contribution in [3.8, 4) is 5.88 Å². The molecule has 3 aromatic heterocycles. The largest absolute Gasteiger partial charge is 0.492 e.